The van der Waals surface area contributed by atoms with Crippen LogP contribution in [0.25, 0.3) is 21.7 Å². The third-order valence-corrected chi connectivity index (χ3v) is 4.40. The molecule has 0 aliphatic rings. The minimum absolute atomic E-state index is 0.0999. The van der Waals surface area contributed by atoms with Crippen molar-refractivity contribution in [1.29, 1.82) is 0 Å². The summed E-state index contributed by atoms with van der Waals surface area (Å²) in [5.74, 6) is 0. The molecule has 1 unspecified atom stereocenters. The Hall–Kier alpha value is -3.18. The number of hydrogen-bond donors (Lipinski definition) is 2. The lowest BCUT2D eigenvalue weighted by Crippen LogP contribution is -2.36. The number of aliphatic hydroxyl groups is 1. The average Bonchev–Trinajstić information content (AvgIpc) is 2.64. The number of para-hydroxylation sites is 1. The van der Waals surface area contributed by atoms with Gasteiger partial charge in [0.05, 0.1) is 23.6 Å². The van der Waals surface area contributed by atoms with E-state index in [0.717, 1.165) is 15.3 Å². The topological polar surface area (TPSA) is 75.1 Å². The molecule has 5 nitrogen and oxygen atoms in total. The van der Waals surface area contributed by atoms with Crippen molar-refractivity contribution in [2.24, 2.45) is 0 Å². The van der Waals surface area contributed by atoms with Gasteiger partial charge in [-0.15, -0.1) is 0 Å². The Balaban J connectivity index is 1.75. The smallest absolute Gasteiger partial charge is 0.328 e. The Kier molecular flexibility index (Phi) is 3.71. The highest BCUT2D eigenvalue weighted by Gasteiger charge is 2.14. The van der Waals surface area contributed by atoms with Crippen LogP contribution < -0.4 is 11.2 Å². The number of rotatable bonds is 3. The number of aliphatic hydroxyl groups excluding tert-OH is 1. The normalized spacial score (nSPS) is 12.5. The van der Waals surface area contributed by atoms with E-state index in [-0.39, 0.29) is 6.54 Å². The van der Waals surface area contributed by atoms with Crippen molar-refractivity contribution in [3.8, 4) is 0 Å². The molecule has 25 heavy (non-hydrogen) atoms. The summed E-state index contributed by atoms with van der Waals surface area (Å²) in [6, 6.07) is 20.3. The van der Waals surface area contributed by atoms with E-state index in [4.69, 9.17) is 0 Å². The lowest BCUT2D eigenvalue weighted by Gasteiger charge is -2.13. The van der Waals surface area contributed by atoms with Crippen molar-refractivity contribution in [3.63, 3.8) is 0 Å². The summed E-state index contributed by atoms with van der Waals surface area (Å²) in [5.41, 5.74) is 0.231. The first-order valence-electron chi connectivity index (χ1n) is 8.02. The minimum Gasteiger partial charge on any atom is -0.387 e. The van der Waals surface area contributed by atoms with Crippen LogP contribution in [-0.4, -0.2) is 14.7 Å². The van der Waals surface area contributed by atoms with E-state index in [0.29, 0.717) is 16.5 Å². The summed E-state index contributed by atoms with van der Waals surface area (Å²) >= 11 is 0. The first-order valence-corrected chi connectivity index (χ1v) is 8.02. The zero-order valence-electron chi connectivity index (χ0n) is 13.3. The molecule has 1 atom stereocenters. The van der Waals surface area contributed by atoms with Crippen molar-refractivity contribution in [2.45, 2.75) is 12.6 Å². The van der Waals surface area contributed by atoms with Crippen molar-refractivity contribution in [2.75, 3.05) is 0 Å². The van der Waals surface area contributed by atoms with Crippen LogP contribution in [0.4, 0.5) is 0 Å². The third kappa shape index (κ3) is 2.75. The van der Waals surface area contributed by atoms with Gasteiger partial charge in [-0.25, -0.2) is 4.79 Å². The maximum Gasteiger partial charge on any atom is 0.328 e. The summed E-state index contributed by atoms with van der Waals surface area (Å²) in [5, 5.41) is 13.0. The van der Waals surface area contributed by atoms with Gasteiger partial charge >= 0.3 is 5.69 Å². The number of aromatic amines is 1. The number of H-pyrrole nitrogens is 1. The Morgan fingerprint density at radius 3 is 2.48 bits per heavy atom. The van der Waals surface area contributed by atoms with Gasteiger partial charge in [-0.05, 0) is 34.5 Å². The summed E-state index contributed by atoms with van der Waals surface area (Å²) in [6.45, 7) is -0.0999. The molecule has 5 heteroatoms. The molecule has 3 aromatic carbocycles. The van der Waals surface area contributed by atoms with Gasteiger partial charge in [0.25, 0.3) is 5.56 Å². The molecular formula is C20H16N2O3. The van der Waals surface area contributed by atoms with E-state index in [2.05, 4.69) is 4.98 Å². The molecule has 4 rings (SSSR count). The zero-order chi connectivity index (χ0) is 17.4. The van der Waals surface area contributed by atoms with Crippen molar-refractivity contribution < 1.29 is 5.11 Å². The number of fused-ring (bicyclic) bond motifs is 2. The third-order valence-electron chi connectivity index (χ3n) is 4.40. The SMILES string of the molecule is O=c1[nH]c2ccccc2c(=O)n1CC(O)c1ccc2ccccc2c1. The lowest BCUT2D eigenvalue weighted by atomic mass is 10.0. The largest absolute Gasteiger partial charge is 0.387 e. The van der Waals surface area contributed by atoms with Crippen LogP contribution in [0.2, 0.25) is 0 Å². The summed E-state index contributed by atoms with van der Waals surface area (Å²) in [4.78, 5) is 27.5. The average molecular weight is 332 g/mol. The molecule has 2 N–H and O–H groups in total. The van der Waals surface area contributed by atoms with Gasteiger partial charge in [-0.1, -0.05) is 48.5 Å². The van der Waals surface area contributed by atoms with Gasteiger partial charge in [0.1, 0.15) is 0 Å². The van der Waals surface area contributed by atoms with Crippen LogP contribution in [0.15, 0.2) is 76.3 Å². The fraction of sp³-hybridized carbons (Fsp3) is 0.100. The van der Waals surface area contributed by atoms with E-state index in [1.165, 1.54) is 0 Å². The number of nitrogens with one attached hydrogen (secondary N) is 1. The van der Waals surface area contributed by atoms with Crippen molar-refractivity contribution in [3.05, 3.63) is 93.1 Å². The number of nitrogens with zero attached hydrogens (tertiary/aromatic N) is 1. The maximum atomic E-state index is 12.6. The molecule has 0 fully saturated rings. The summed E-state index contributed by atoms with van der Waals surface area (Å²) in [6.07, 6.45) is -0.954. The van der Waals surface area contributed by atoms with Crippen LogP contribution in [-0.2, 0) is 6.54 Å². The second kappa shape index (κ2) is 6.03. The van der Waals surface area contributed by atoms with Gasteiger partial charge in [0.15, 0.2) is 0 Å². The van der Waals surface area contributed by atoms with Crippen LogP contribution in [0, 0.1) is 0 Å². The Labute approximate surface area is 142 Å². The molecule has 0 saturated heterocycles. The fourth-order valence-electron chi connectivity index (χ4n) is 3.06. The summed E-state index contributed by atoms with van der Waals surface area (Å²) in [7, 11) is 0. The van der Waals surface area contributed by atoms with Gasteiger partial charge in [-0.3, -0.25) is 9.36 Å². The second-order valence-corrected chi connectivity index (χ2v) is 6.01. The number of hydrogen-bond acceptors (Lipinski definition) is 3. The van der Waals surface area contributed by atoms with E-state index in [1.807, 2.05) is 42.5 Å². The molecule has 1 aromatic heterocycles. The molecule has 0 radical (unpaired) electrons. The number of aromatic nitrogens is 2. The predicted octanol–water partition coefficient (Wildman–Crippen LogP) is 2.58. The van der Waals surface area contributed by atoms with Crippen LogP contribution in [0.1, 0.15) is 11.7 Å². The summed E-state index contributed by atoms with van der Waals surface area (Å²) < 4.78 is 1.04. The van der Waals surface area contributed by atoms with E-state index >= 15 is 0 Å². The molecule has 1 heterocycles. The zero-order valence-corrected chi connectivity index (χ0v) is 13.3. The molecule has 0 aliphatic carbocycles. The molecule has 4 aromatic rings. The first kappa shape index (κ1) is 15.4. The molecule has 0 amide bonds. The highest BCUT2D eigenvalue weighted by molar-refractivity contribution is 5.83. The van der Waals surface area contributed by atoms with Gasteiger partial charge in [0.2, 0.25) is 0 Å². The second-order valence-electron chi connectivity index (χ2n) is 6.01. The lowest BCUT2D eigenvalue weighted by molar-refractivity contribution is 0.153. The Bertz CT molecular complexity index is 1190. The Morgan fingerprint density at radius 1 is 0.920 bits per heavy atom. The van der Waals surface area contributed by atoms with E-state index < -0.39 is 17.4 Å². The minimum atomic E-state index is -0.954. The molecule has 0 bridgehead atoms. The van der Waals surface area contributed by atoms with E-state index in [9.17, 15) is 14.7 Å². The quantitative estimate of drug-likeness (QED) is 0.605. The molecule has 0 saturated carbocycles. The monoisotopic (exact) mass is 332 g/mol. The molecule has 0 aliphatic heterocycles. The van der Waals surface area contributed by atoms with E-state index in [1.54, 1.807) is 24.3 Å². The molecule has 0 spiro atoms. The van der Waals surface area contributed by atoms with Crippen molar-refractivity contribution in [1.82, 2.24) is 9.55 Å². The highest BCUT2D eigenvalue weighted by Crippen LogP contribution is 2.21. The maximum absolute atomic E-state index is 12.6. The van der Waals surface area contributed by atoms with Crippen LogP contribution in [0.5, 0.6) is 0 Å². The Morgan fingerprint density at radius 2 is 1.64 bits per heavy atom. The van der Waals surface area contributed by atoms with Crippen molar-refractivity contribution >= 4 is 21.7 Å². The predicted molar refractivity (Wildman–Crippen MR) is 97.7 cm³/mol. The van der Waals surface area contributed by atoms with Gasteiger partial charge < -0.3 is 10.1 Å². The highest BCUT2D eigenvalue weighted by atomic mass is 16.3. The fourth-order valence-corrected chi connectivity index (χ4v) is 3.06. The van der Waals surface area contributed by atoms with Gasteiger partial charge in [0, 0.05) is 0 Å². The van der Waals surface area contributed by atoms with Gasteiger partial charge in [-0.2, -0.15) is 0 Å². The van der Waals surface area contributed by atoms with Crippen LogP contribution >= 0.6 is 0 Å². The number of benzene rings is 3. The standard InChI is InChI=1S/C20H16N2O3/c23-18(15-10-9-13-5-1-2-6-14(13)11-15)12-22-19(24)16-7-3-4-8-17(16)21-20(22)25/h1-11,18,23H,12H2,(H,21,25). The van der Waals surface area contributed by atoms with Crippen LogP contribution in [0.3, 0.4) is 0 Å². The first-order chi connectivity index (χ1) is 12.1. The molecule has 124 valence electrons. The molecular weight excluding hydrogens is 316 g/mol.